The molecule has 1 aromatic rings. The molecule has 5 nitrogen and oxygen atoms in total. The molecule has 2 atom stereocenters. The Bertz CT molecular complexity index is 466. The fourth-order valence-corrected chi connectivity index (χ4v) is 2.88. The van der Waals surface area contributed by atoms with Crippen molar-refractivity contribution in [3.05, 3.63) is 35.9 Å². The van der Waals surface area contributed by atoms with Gasteiger partial charge in [-0.25, -0.2) is 4.79 Å². The Morgan fingerprint density at radius 1 is 1.41 bits per heavy atom. The zero-order valence-corrected chi connectivity index (χ0v) is 13.2. The van der Waals surface area contributed by atoms with Crippen molar-refractivity contribution in [2.75, 3.05) is 19.8 Å². The first-order valence-corrected chi connectivity index (χ1v) is 7.91. The van der Waals surface area contributed by atoms with Crippen molar-refractivity contribution in [3.63, 3.8) is 0 Å². The molecule has 0 aromatic heterocycles. The molecular formula is C17H26N2O3. The minimum Gasteiger partial charge on any atom is -0.396 e. The van der Waals surface area contributed by atoms with E-state index in [0.717, 1.165) is 24.8 Å². The van der Waals surface area contributed by atoms with Crippen LogP contribution in [-0.4, -0.2) is 36.9 Å². The molecule has 3 N–H and O–H groups in total. The van der Waals surface area contributed by atoms with Gasteiger partial charge in [0.1, 0.15) is 0 Å². The number of urea groups is 1. The van der Waals surface area contributed by atoms with Gasteiger partial charge in [-0.2, -0.15) is 0 Å². The summed E-state index contributed by atoms with van der Waals surface area (Å²) in [6, 6.07) is 9.80. The van der Waals surface area contributed by atoms with Gasteiger partial charge < -0.3 is 20.5 Å². The van der Waals surface area contributed by atoms with E-state index in [-0.39, 0.29) is 24.1 Å². The lowest BCUT2D eigenvalue weighted by Crippen LogP contribution is -2.49. The fourth-order valence-electron chi connectivity index (χ4n) is 2.88. The Morgan fingerprint density at radius 3 is 2.91 bits per heavy atom. The van der Waals surface area contributed by atoms with Crippen LogP contribution in [-0.2, 0) is 11.3 Å². The molecule has 2 amide bonds. The molecule has 0 bridgehead atoms. The van der Waals surface area contributed by atoms with E-state index in [1.54, 1.807) is 0 Å². The van der Waals surface area contributed by atoms with E-state index in [1.165, 1.54) is 0 Å². The van der Waals surface area contributed by atoms with Crippen molar-refractivity contribution in [3.8, 4) is 0 Å². The number of ether oxygens (including phenoxy) is 1. The highest BCUT2D eigenvalue weighted by Gasteiger charge is 2.38. The number of amides is 2. The quantitative estimate of drug-likeness (QED) is 0.675. The molecule has 1 fully saturated rings. The normalized spacial score (nSPS) is 24.2. The third-order valence-corrected chi connectivity index (χ3v) is 4.39. The number of nitrogens with one attached hydrogen (secondary N) is 2. The van der Waals surface area contributed by atoms with Gasteiger partial charge >= 0.3 is 6.03 Å². The number of rotatable bonds is 7. The maximum absolute atomic E-state index is 11.9. The summed E-state index contributed by atoms with van der Waals surface area (Å²) in [6.07, 6.45) is 2.92. The van der Waals surface area contributed by atoms with Gasteiger partial charge in [0, 0.05) is 18.0 Å². The maximum Gasteiger partial charge on any atom is 0.315 e. The number of aliphatic hydroxyl groups is 1. The highest BCUT2D eigenvalue weighted by molar-refractivity contribution is 5.74. The van der Waals surface area contributed by atoms with Gasteiger partial charge in [0.2, 0.25) is 0 Å². The molecule has 0 radical (unpaired) electrons. The summed E-state index contributed by atoms with van der Waals surface area (Å²) in [5.74, 6) is 0. The summed E-state index contributed by atoms with van der Waals surface area (Å²) in [6.45, 7) is 3.63. The van der Waals surface area contributed by atoms with Crippen molar-refractivity contribution in [2.45, 2.75) is 38.8 Å². The van der Waals surface area contributed by atoms with Crippen LogP contribution in [0.4, 0.5) is 4.79 Å². The zero-order valence-electron chi connectivity index (χ0n) is 13.2. The van der Waals surface area contributed by atoms with Gasteiger partial charge in [0.15, 0.2) is 0 Å². The topological polar surface area (TPSA) is 70.6 Å². The molecule has 0 spiro atoms. The van der Waals surface area contributed by atoms with Crippen LogP contribution in [0.15, 0.2) is 30.3 Å². The Kier molecular flexibility index (Phi) is 6.21. The van der Waals surface area contributed by atoms with Crippen molar-refractivity contribution in [1.82, 2.24) is 10.6 Å². The van der Waals surface area contributed by atoms with E-state index in [9.17, 15) is 9.90 Å². The maximum atomic E-state index is 11.9. The van der Waals surface area contributed by atoms with E-state index < -0.39 is 0 Å². The second-order valence-electron chi connectivity index (χ2n) is 6.20. The third-order valence-electron chi connectivity index (χ3n) is 4.39. The Balaban J connectivity index is 1.60. The highest BCUT2D eigenvalue weighted by atomic mass is 16.5. The Labute approximate surface area is 132 Å². The van der Waals surface area contributed by atoms with Gasteiger partial charge in [-0.3, -0.25) is 0 Å². The van der Waals surface area contributed by atoms with Crippen LogP contribution in [0.3, 0.4) is 0 Å². The summed E-state index contributed by atoms with van der Waals surface area (Å²) in [5, 5.41) is 15.2. The van der Waals surface area contributed by atoms with Crippen LogP contribution in [0.1, 0.15) is 31.7 Å². The molecule has 2 rings (SSSR count). The van der Waals surface area contributed by atoms with Crippen LogP contribution in [0.5, 0.6) is 0 Å². The number of aliphatic hydroxyl groups excluding tert-OH is 1. The van der Waals surface area contributed by atoms with Crippen LogP contribution < -0.4 is 10.6 Å². The molecule has 0 aliphatic heterocycles. The third kappa shape index (κ3) is 4.71. The Hall–Kier alpha value is -1.59. The molecule has 1 aromatic carbocycles. The van der Waals surface area contributed by atoms with Gasteiger partial charge in [-0.15, -0.1) is 0 Å². The zero-order chi connectivity index (χ0) is 15.8. The van der Waals surface area contributed by atoms with Gasteiger partial charge in [0.05, 0.1) is 19.8 Å². The fraction of sp³-hybridized carbons (Fsp3) is 0.588. The lowest BCUT2D eigenvalue weighted by Gasteiger charge is -2.30. The summed E-state index contributed by atoms with van der Waals surface area (Å²) >= 11 is 0. The largest absolute Gasteiger partial charge is 0.396 e. The minimum atomic E-state index is -0.193. The van der Waals surface area contributed by atoms with Crippen molar-refractivity contribution in [1.29, 1.82) is 0 Å². The van der Waals surface area contributed by atoms with Crippen LogP contribution in [0.2, 0.25) is 0 Å². The number of carbonyl (C=O) groups is 1. The molecule has 22 heavy (non-hydrogen) atoms. The first-order chi connectivity index (χ1) is 10.6. The molecule has 1 aliphatic rings. The van der Waals surface area contributed by atoms with Gasteiger partial charge in [0.25, 0.3) is 0 Å². The molecule has 0 saturated heterocycles. The second kappa shape index (κ2) is 8.15. The van der Waals surface area contributed by atoms with E-state index in [4.69, 9.17) is 4.74 Å². The standard InChI is InChI=1S/C17H26N2O3/c1-17(13-20)9-5-8-15(17)19-16(21)18-10-11-22-12-14-6-3-2-4-7-14/h2-4,6-7,15,20H,5,8-13H2,1H3,(H2,18,19,21). The first kappa shape index (κ1) is 16.8. The highest BCUT2D eigenvalue weighted by Crippen LogP contribution is 2.37. The minimum absolute atomic E-state index is 0.0442. The van der Waals surface area contributed by atoms with Crippen molar-refractivity contribution < 1.29 is 14.6 Å². The molecular weight excluding hydrogens is 280 g/mol. The number of hydrogen-bond acceptors (Lipinski definition) is 3. The smallest absolute Gasteiger partial charge is 0.315 e. The van der Waals surface area contributed by atoms with Crippen molar-refractivity contribution >= 4 is 6.03 Å². The van der Waals surface area contributed by atoms with E-state index in [0.29, 0.717) is 19.8 Å². The number of benzene rings is 1. The molecule has 122 valence electrons. The Morgan fingerprint density at radius 2 is 2.18 bits per heavy atom. The summed E-state index contributed by atoms with van der Waals surface area (Å²) in [4.78, 5) is 11.9. The summed E-state index contributed by atoms with van der Waals surface area (Å²) in [7, 11) is 0. The molecule has 1 aliphatic carbocycles. The molecule has 5 heteroatoms. The van der Waals surface area contributed by atoms with Gasteiger partial charge in [-0.1, -0.05) is 43.7 Å². The van der Waals surface area contributed by atoms with E-state index in [1.807, 2.05) is 37.3 Å². The number of carbonyl (C=O) groups excluding carboxylic acids is 1. The average Bonchev–Trinajstić information content (AvgIpc) is 2.89. The molecule has 2 unspecified atom stereocenters. The van der Waals surface area contributed by atoms with Crippen LogP contribution in [0, 0.1) is 5.41 Å². The van der Waals surface area contributed by atoms with Crippen molar-refractivity contribution in [2.24, 2.45) is 5.41 Å². The number of hydrogen-bond donors (Lipinski definition) is 3. The predicted molar refractivity (Wildman–Crippen MR) is 85.5 cm³/mol. The average molecular weight is 306 g/mol. The van der Waals surface area contributed by atoms with Gasteiger partial charge in [-0.05, 0) is 18.4 Å². The summed E-state index contributed by atoms with van der Waals surface area (Å²) in [5.41, 5.74) is 0.929. The molecule has 1 saturated carbocycles. The lowest BCUT2D eigenvalue weighted by molar-refractivity contribution is 0.116. The molecule has 0 heterocycles. The predicted octanol–water partition coefficient (Wildman–Crippen LogP) is 2.05. The van der Waals surface area contributed by atoms with E-state index >= 15 is 0 Å². The summed E-state index contributed by atoms with van der Waals surface area (Å²) < 4.78 is 5.52. The lowest BCUT2D eigenvalue weighted by atomic mass is 9.86. The monoisotopic (exact) mass is 306 g/mol. The first-order valence-electron chi connectivity index (χ1n) is 7.91. The van der Waals surface area contributed by atoms with E-state index in [2.05, 4.69) is 10.6 Å². The van der Waals surface area contributed by atoms with Crippen LogP contribution >= 0.6 is 0 Å². The van der Waals surface area contributed by atoms with Crippen LogP contribution in [0.25, 0.3) is 0 Å². The second-order valence-corrected chi connectivity index (χ2v) is 6.20. The SMILES string of the molecule is CC1(CO)CCCC1NC(=O)NCCOCc1ccccc1.